The van der Waals surface area contributed by atoms with Gasteiger partial charge >= 0.3 is 5.97 Å². The van der Waals surface area contributed by atoms with Crippen molar-refractivity contribution in [2.24, 2.45) is 5.73 Å². The Bertz CT molecular complexity index is 368. The van der Waals surface area contributed by atoms with Crippen LogP contribution < -0.4 is 5.73 Å². The molecule has 4 nitrogen and oxygen atoms in total. The summed E-state index contributed by atoms with van der Waals surface area (Å²) < 4.78 is 13.0. The highest BCUT2D eigenvalue weighted by molar-refractivity contribution is 5.73. The van der Waals surface area contributed by atoms with Gasteiger partial charge in [-0.3, -0.25) is 4.79 Å². The summed E-state index contributed by atoms with van der Waals surface area (Å²) in [6.45, 7) is -0.415. The van der Waals surface area contributed by atoms with E-state index in [1.807, 2.05) is 0 Å². The monoisotopic (exact) mass is 213 g/mol. The molecular formula is C10H12FNO3. The first kappa shape index (κ1) is 11.6. The number of aliphatic carboxylic acids is 1. The SMILES string of the molecule is NC(Cc1ccc(F)c(CO)c1)C(=O)O. The van der Waals surface area contributed by atoms with Crippen LogP contribution in [0.25, 0.3) is 0 Å². The third-order valence-corrected chi connectivity index (χ3v) is 2.05. The summed E-state index contributed by atoms with van der Waals surface area (Å²) in [6, 6.07) is 3.05. The van der Waals surface area contributed by atoms with E-state index in [0.717, 1.165) is 0 Å². The van der Waals surface area contributed by atoms with Crippen LogP contribution in [0.15, 0.2) is 18.2 Å². The van der Waals surface area contributed by atoms with Crippen LogP contribution in [-0.4, -0.2) is 22.2 Å². The van der Waals surface area contributed by atoms with Crippen LogP contribution in [0.2, 0.25) is 0 Å². The summed E-state index contributed by atoms with van der Waals surface area (Å²) in [5.41, 5.74) is 6.06. The van der Waals surface area contributed by atoms with Gasteiger partial charge in [0.2, 0.25) is 0 Å². The van der Waals surface area contributed by atoms with Crippen molar-refractivity contribution < 1.29 is 19.4 Å². The van der Waals surface area contributed by atoms with Crippen LogP contribution in [0.3, 0.4) is 0 Å². The maximum absolute atomic E-state index is 13.0. The van der Waals surface area contributed by atoms with Crippen LogP contribution >= 0.6 is 0 Å². The number of aliphatic hydroxyl groups excluding tert-OH is 1. The Balaban J connectivity index is 2.83. The zero-order valence-electron chi connectivity index (χ0n) is 7.98. The maximum Gasteiger partial charge on any atom is 0.320 e. The molecule has 0 spiro atoms. The van der Waals surface area contributed by atoms with Gasteiger partial charge in [-0.2, -0.15) is 0 Å². The van der Waals surface area contributed by atoms with Gasteiger partial charge in [0.15, 0.2) is 0 Å². The van der Waals surface area contributed by atoms with Crippen LogP contribution in [-0.2, 0) is 17.8 Å². The number of hydrogen-bond donors (Lipinski definition) is 3. The molecule has 1 aromatic carbocycles. The molecule has 0 aliphatic rings. The van der Waals surface area contributed by atoms with Crippen molar-refractivity contribution in [3.05, 3.63) is 35.1 Å². The fourth-order valence-electron chi connectivity index (χ4n) is 1.22. The molecule has 82 valence electrons. The van der Waals surface area contributed by atoms with Gasteiger partial charge in [-0.1, -0.05) is 12.1 Å². The number of hydrogen-bond acceptors (Lipinski definition) is 3. The van der Waals surface area contributed by atoms with E-state index in [1.165, 1.54) is 18.2 Å². The molecule has 0 saturated carbocycles. The first-order valence-electron chi connectivity index (χ1n) is 4.41. The predicted octanol–water partition coefficient (Wildman–Crippen LogP) is 0.272. The van der Waals surface area contributed by atoms with E-state index in [-0.39, 0.29) is 12.0 Å². The minimum Gasteiger partial charge on any atom is -0.480 e. The Kier molecular flexibility index (Phi) is 3.76. The summed E-state index contributed by atoms with van der Waals surface area (Å²) in [5, 5.41) is 17.4. The molecular weight excluding hydrogens is 201 g/mol. The minimum atomic E-state index is -1.11. The Morgan fingerprint density at radius 1 is 1.53 bits per heavy atom. The third kappa shape index (κ3) is 3.00. The highest BCUT2D eigenvalue weighted by atomic mass is 19.1. The molecule has 1 rings (SSSR count). The van der Waals surface area contributed by atoms with Gasteiger partial charge in [0.25, 0.3) is 0 Å². The number of halogens is 1. The van der Waals surface area contributed by atoms with E-state index < -0.39 is 24.4 Å². The zero-order chi connectivity index (χ0) is 11.4. The maximum atomic E-state index is 13.0. The van der Waals surface area contributed by atoms with Gasteiger partial charge in [-0.05, 0) is 18.1 Å². The molecule has 0 aromatic heterocycles. The molecule has 0 heterocycles. The predicted molar refractivity (Wildman–Crippen MR) is 51.6 cm³/mol. The molecule has 0 radical (unpaired) electrons. The van der Waals surface area contributed by atoms with Crippen LogP contribution in [0, 0.1) is 5.82 Å². The normalized spacial score (nSPS) is 12.5. The number of benzene rings is 1. The van der Waals surface area contributed by atoms with Crippen molar-refractivity contribution in [3.63, 3.8) is 0 Å². The number of carboxylic acids is 1. The first-order chi connectivity index (χ1) is 7.04. The molecule has 1 atom stereocenters. The highest BCUT2D eigenvalue weighted by Gasteiger charge is 2.13. The van der Waals surface area contributed by atoms with Gasteiger partial charge in [-0.15, -0.1) is 0 Å². The zero-order valence-corrected chi connectivity index (χ0v) is 7.98. The molecule has 4 N–H and O–H groups in total. The number of carbonyl (C=O) groups is 1. The average Bonchev–Trinajstić information content (AvgIpc) is 2.20. The highest BCUT2D eigenvalue weighted by Crippen LogP contribution is 2.11. The molecule has 0 bridgehead atoms. The van der Waals surface area contributed by atoms with Crippen LogP contribution in [0.4, 0.5) is 4.39 Å². The molecule has 0 fully saturated rings. The Morgan fingerprint density at radius 3 is 2.73 bits per heavy atom. The summed E-state index contributed by atoms with van der Waals surface area (Å²) in [6.07, 6.45) is 0.114. The van der Waals surface area contributed by atoms with Gasteiger partial charge in [0.1, 0.15) is 11.9 Å². The second-order valence-corrected chi connectivity index (χ2v) is 3.23. The van der Waals surface area contributed by atoms with Crippen molar-refractivity contribution >= 4 is 5.97 Å². The van der Waals surface area contributed by atoms with Crippen LogP contribution in [0.5, 0.6) is 0 Å². The summed E-state index contributed by atoms with van der Waals surface area (Å²) in [5.74, 6) is -1.62. The second kappa shape index (κ2) is 4.86. The lowest BCUT2D eigenvalue weighted by Gasteiger charge is -2.08. The van der Waals surface area contributed by atoms with Gasteiger partial charge in [0.05, 0.1) is 6.61 Å². The number of carboxylic acid groups (broad SMARTS) is 1. The largest absolute Gasteiger partial charge is 0.480 e. The molecule has 0 aliphatic heterocycles. The quantitative estimate of drug-likeness (QED) is 0.670. The van der Waals surface area contributed by atoms with Crippen molar-refractivity contribution in [3.8, 4) is 0 Å². The minimum absolute atomic E-state index is 0.114. The summed E-state index contributed by atoms with van der Waals surface area (Å²) in [4.78, 5) is 10.5. The van der Waals surface area contributed by atoms with E-state index >= 15 is 0 Å². The third-order valence-electron chi connectivity index (χ3n) is 2.05. The van der Waals surface area contributed by atoms with Crippen LogP contribution in [0.1, 0.15) is 11.1 Å². The van der Waals surface area contributed by atoms with E-state index in [2.05, 4.69) is 0 Å². The molecule has 1 unspecified atom stereocenters. The van der Waals surface area contributed by atoms with Gasteiger partial charge in [0, 0.05) is 5.56 Å². The Hall–Kier alpha value is -1.46. The lowest BCUT2D eigenvalue weighted by Crippen LogP contribution is -2.32. The van der Waals surface area contributed by atoms with E-state index in [9.17, 15) is 9.18 Å². The fourth-order valence-corrected chi connectivity index (χ4v) is 1.22. The fraction of sp³-hybridized carbons (Fsp3) is 0.300. The van der Waals surface area contributed by atoms with Gasteiger partial charge < -0.3 is 15.9 Å². The molecule has 0 amide bonds. The number of rotatable bonds is 4. The van der Waals surface area contributed by atoms with Gasteiger partial charge in [-0.25, -0.2) is 4.39 Å². The summed E-state index contributed by atoms with van der Waals surface area (Å²) in [7, 11) is 0. The van der Waals surface area contributed by atoms with Crippen molar-refractivity contribution in [1.29, 1.82) is 0 Å². The lowest BCUT2D eigenvalue weighted by molar-refractivity contribution is -0.138. The van der Waals surface area contributed by atoms with Crippen molar-refractivity contribution in [1.82, 2.24) is 0 Å². The molecule has 1 aromatic rings. The van der Waals surface area contributed by atoms with Crippen molar-refractivity contribution in [2.75, 3.05) is 0 Å². The van der Waals surface area contributed by atoms with E-state index in [1.54, 1.807) is 0 Å². The Morgan fingerprint density at radius 2 is 2.20 bits per heavy atom. The standard InChI is InChI=1S/C10H12FNO3/c11-8-2-1-6(3-7(8)5-13)4-9(12)10(14)15/h1-3,9,13H,4-5,12H2,(H,14,15). The topological polar surface area (TPSA) is 83.5 Å². The Labute approximate surface area is 86.1 Å². The second-order valence-electron chi connectivity index (χ2n) is 3.23. The number of nitrogens with two attached hydrogens (primary N) is 1. The summed E-state index contributed by atoms with van der Waals surface area (Å²) >= 11 is 0. The smallest absolute Gasteiger partial charge is 0.320 e. The average molecular weight is 213 g/mol. The molecule has 0 aliphatic carbocycles. The molecule has 0 saturated heterocycles. The number of aliphatic hydroxyl groups is 1. The lowest BCUT2D eigenvalue weighted by atomic mass is 10.0. The van der Waals surface area contributed by atoms with E-state index in [4.69, 9.17) is 15.9 Å². The van der Waals surface area contributed by atoms with E-state index in [0.29, 0.717) is 5.56 Å². The molecule has 15 heavy (non-hydrogen) atoms. The van der Waals surface area contributed by atoms with Crippen molar-refractivity contribution in [2.45, 2.75) is 19.1 Å². The first-order valence-corrected chi connectivity index (χ1v) is 4.41. The molecule has 5 heteroatoms.